The summed E-state index contributed by atoms with van der Waals surface area (Å²) in [5, 5.41) is 6.76. The molecule has 35 heavy (non-hydrogen) atoms. The second kappa shape index (κ2) is 12.3. The van der Waals surface area contributed by atoms with Crippen LogP contribution in [0.2, 0.25) is 0 Å². The average molecular weight is 539 g/mol. The molecule has 9 nitrogen and oxygen atoms in total. The Kier molecular flexibility index (Phi) is 8.96. The highest BCUT2D eigenvalue weighted by molar-refractivity contribution is 9.10. The van der Waals surface area contributed by atoms with Crippen LogP contribution in [0, 0.1) is 0 Å². The first-order valence-electron chi connectivity index (χ1n) is 10.5. The lowest BCUT2D eigenvalue weighted by molar-refractivity contribution is -0.119. The Bertz CT molecular complexity index is 1260. The van der Waals surface area contributed by atoms with Gasteiger partial charge in [-0.25, -0.2) is 5.43 Å². The van der Waals surface area contributed by atoms with Crippen LogP contribution in [0.15, 0.2) is 76.3 Å². The van der Waals surface area contributed by atoms with Crippen molar-refractivity contribution in [3.63, 3.8) is 0 Å². The number of hydrogen-bond acceptors (Lipinski definition) is 6. The third-order valence-electron chi connectivity index (χ3n) is 4.56. The molecule has 10 heteroatoms. The maximum absolute atomic E-state index is 12.7. The molecule has 3 aromatic carbocycles. The number of anilines is 1. The summed E-state index contributed by atoms with van der Waals surface area (Å²) in [7, 11) is 0. The molecule has 0 saturated carbocycles. The van der Waals surface area contributed by atoms with Crippen LogP contribution in [0.3, 0.4) is 0 Å². The third-order valence-corrected chi connectivity index (χ3v) is 5.25. The zero-order chi connectivity index (χ0) is 25.2. The standard InChI is InChI=1S/C25H23BrN4O5/c1-2-34-22-13-16(11-12-21(22)35-15-23(27)31)14-28-30-25(33)18-8-4-6-10-20(18)29-24(32)17-7-3-5-9-19(17)26/h3-14H,2,15H2,1H3,(H2,27,31)(H,29,32)(H,30,33)/b28-14+. The molecule has 0 unspecified atom stereocenters. The molecule has 0 aliphatic rings. The van der Waals surface area contributed by atoms with E-state index in [1.54, 1.807) is 66.7 Å². The van der Waals surface area contributed by atoms with Crippen molar-refractivity contribution in [3.8, 4) is 11.5 Å². The largest absolute Gasteiger partial charge is 0.490 e. The average Bonchev–Trinajstić information content (AvgIpc) is 2.84. The second-order valence-electron chi connectivity index (χ2n) is 7.07. The number of hydrogen-bond donors (Lipinski definition) is 3. The molecule has 0 aromatic heterocycles. The Balaban J connectivity index is 1.70. The summed E-state index contributed by atoms with van der Waals surface area (Å²) < 4.78 is 11.5. The topological polar surface area (TPSA) is 132 Å². The van der Waals surface area contributed by atoms with Crippen LogP contribution in [0.25, 0.3) is 0 Å². The summed E-state index contributed by atoms with van der Waals surface area (Å²) in [6.07, 6.45) is 1.43. The van der Waals surface area contributed by atoms with Crippen molar-refractivity contribution in [1.82, 2.24) is 5.43 Å². The van der Waals surface area contributed by atoms with Crippen molar-refractivity contribution in [1.29, 1.82) is 0 Å². The van der Waals surface area contributed by atoms with Gasteiger partial charge in [0.2, 0.25) is 0 Å². The summed E-state index contributed by atoms with van der Waals surface area (Å²) in [6.45, 7) is 1.92. The molecule has 4 N–H and O–H groups in total. The first-order chi connectivity index (χ1) is 16.9. The molecule has 0 radical (unpaired) electrons. The van der Waals surface area contributed by atoms with E-state index in [4.69, 9.17) is 15.2 Å². The molecule has 0 heterocycles. The van der Waals surface area contributed by atoms with Gasteiger partial charge in [-0.3, -0.25) is 14.4 Å². The fourth-order valence-electron chi connectivity index (χ4n) is 2.99. The van der Waals surface area contributed by atoms with Gasteiger partial charge in [0.1, 0.15) is 0 Å². The zero-order valence-corrected chi connectivity index (χ0v) is 20.4. The molecule has 0 spiro atoms. The number of amides is 3. The first-order valence-corrected chi connectivity index (χ1v) is 11.3. The van der Waals surface area contributed by atoms with Crippen molar-refractivity contribution in [2.24, 2.45) is 10.8 Å². The smallest absolute Gasteiger partial charge is 0.273 e. The van der Waals surface area contributed by atoms with E-state index in [1.165, 1.54) is 6.21 Å². The van der Waals surface area contributed by atoms with Crippen LogP contribution >= 0.6 is 15.9 Å². The number of carbonyl (C=O) groups excluding carboxylic acids is 3. The summed E-state index contributed by atoms with van der Waals surface area (Å²) in [6, 6.07) is 18.6. The van der Waals surface area contributed by atoms with E-state index in [0.29, 0.717) is 39.4 Å². The minimum Gasteiger partial charge on any atom is -0.490 e. The predicted octanol–water partition coefficient (Wildman–Crippen LogP) is 3.73. The van der Waals surface area contributed by atoms with Crippen LogP contribution in [-0.2, 0) is 4.79 Å². The number of primary amides is 1. The monoisotopic (exact) mass is 538 g/mol. The van der Waals surface area contributed by atoms with Crippen LogP contribution in [-0.4, -0.2) is 37.1 Å². The number of nitrogens with one attached hydrogen (secondary N) is 2. The number of rotatable bonds is 10. The maximum atomic E-state index is 12.7. The van der Waals surface area contributed by atoms with Crippen molar-refractivity contribution in [2.75, 3.05) is 18.5 Å². The highest BCUT2D eigenvalue weighted by Crippen LogP contribution is 2.28. The van der Waals surface area contributed by atoms with E-state index in [1.807, 2.05) is 6.92 Å². The molecule has 0 saturated heterocycles. The summed E-state index contributed by atoms with van der Waals surface area (Å²) in [5.74, 6) is -0.696. The van der Waals surface area contributed by atoms with E-state index < -0.39 is 11.8 Å². The quantitative estimate of drug-likeness (QED) is 0.267. The van der Waals surface area contributed by atoms with Crippen molar-refractivity contribution < 1.29 is 23.9 Å². The normalized spacial score (nSPS) is 10.6. The highest BCUT2D eigenvalue weighted by Gasteiger charge is 2.15. The molecule has 180 valence electrons. The van der Waals surface area contributed by atoms with E-state index in [2.05, 4.69) is 31.8 Å². The lowest BCUT2D eigenvalue weighted by Gasteiger charge is -2.11. The minimum absolute atomic E-state index is 0.246. The number of halogens is 1. The lowest BCUT2D eigenvalue weighted by Crippen LogP contribution is -2.21. The Morgan fingerprint density at radius 1 is 0.943 bits per heavy atom. The van der Waals surface area contributed by atoms with Crippen LogP contribution in [0.1, 0.15) is 33.2 Å². The van der Waals surface area contributed by atoms with Crippen LogP contribution < -0.4 is 25.9 Å². The Labute approximate surface area is 210 Å². The number of carbonyl (C=O) groups is 3. The SMILES string of the molecule is CCOc1cc(/C=N/NC(=O)c2ccccc2NC(=O)c2ccccc2Br)ccc1OCC(N)=O. The number of nitrogens with two attached hydrogens (primary N) is 1. The third kappa shape index (κ3) is 7.15. The number of ether oxygens (including phenoxy) is 2. The first kappa shape index (κ1) is 25.4. The van der Waals surface area contributed by atoms with E-state index in [9.17, 15) is 14.4 Å². The number of nitrogens with zero attached hydrogens (tertiary/aromatic N) is 1. The Morgan fingerprint density at radius 2 is 1.66 bits per heavy atom. The molecule has 3 aromatic rings. The van der Waals surface area contributed by atoms with Gasteiger partial charge in [0.25, 0.3) is 17.7 Å². The van der Waals surface area contributed by atoms with Gasteiger partial charge in [-0.05, 0) is 70.9 Å². The van der Waals surface area contributed by atoms with Gasteiger partial charge in [0.05, 0.1) is 29.6 Å². The lowest BCUT2D eigenvalue weighted by atomic mass is 10.1. The molecule has 0 fully saturated rings. The molecular weight excluding hydrogens is 516 g/mol. The molecule has 0 atom stereocenters. The molecule has 0 aliphatic heterocycles. The minimum atomic E-state index is -0.603. The Hall–Kier alpha value is -4.18. The highest BCUT2D eigenvalue weighted by atomic mass is 79.9. The molecule has 0 aliphatic carbocycles. The molecule has 3 amide bonds. The van der Waals surface area contributed by atoms with Gasteiger partial charge < -0.3 is 20.5 Å². The van der Waals surface area contributed by atoms with Gasteiger partial charge in [-0.15, -0.1) is 0 Å². The van der Waals surface area contributed by atoms with Crippen LogP contribution in [0.5, 0.6) is 11.5 Å². The van der Waals surface area contributed by atoms with Crippen molar-refractivity contribution >= 4 is 45.6 Å². The predicted molar refractivity (Wildman–Crippen MR) is 136 cm³/mol. The fourth-order valence-corrected chi connectivity index (χ4v) is 3.46. The Morgan fingerprint density at radius 3 is 2.37 bits per heavy atom. The van der Waals surface area contributed by atoms with Gasteiger partial charge in [0.15, 0.2) is 18.1 Å². The summed E-state index contributed by atoms with van der Waals surface area (Å²) in [4.78, 5) is 36.4. The van der Waals surface area contributed by atoms with E-state index >= 15 is 0 Å². The van der Waals surface area contributed by atoms with E-state index in [0.717, 1.165) is 0 Å². The van der Waals surface area contributed by atoms with Gasteiger partial charge in [-0.2, -0.15) is 5.10 Å². The van der Waals surface area contributed by atoms with E-state index in [-0.39, 0.29) is 18.1 Å². The number of para-hydroxylation sites is 1. The summed E-state index contributed by atoms with van der Waals surface area (Å²) >= 11 is 3.35. The van der Waals surface area contributed by atoms with Crippen molar-refractivity contribution in [2.45, 2.75) is 6.92 Å². The van der Waals surface area contributed by atoms with Crippen LogP contribution in [0.4, 0.5) is 5.69 Å². The van der Waals surface area contributed by atoms with Gasteiger partial charge >= 0.3 is 0 Å². The molecular formula is C25H23BrN4O5. The van der Waals surface area contributed by atoms with Crippen molar-refractivity contribution in [3.05, 3.63) is 87.9 Å². The maximum Gasteiger partial charge on any atom is 0.273 e. The van der Waals surface area contributed by atoms with Gasteiger partial charge in [-0.1, -0.05) is 24.3 Å². The van der Waals surface area contributed by atoms with Gasteiger partial charge in [0, 0.05) is 4.47 Å². The molecule has 0 bridgehead atoms. The number of benzene rings is 3. The second-order valence-corrected chi connectivity index (χ2v) is 7.93. The summed E-state index contributed by atoms with van der Waals surface area (Å²) in [5.41, 5.74) is 9.22. The number of hydrazone groups is 1. The zero-order valence-electron chi connectivity index (χ0n) is 18.8. The fraction of sp³-hybridized carbons (Fsp3) is 0.120. The molecule has 3 rings (SSSR count).